The summed E-state index contributed by atoms with van der Waals surface area (Å²) in [6, 6.07) is 0. The fourth-order valence-electron chi connectivity index (χ4n) is 6.67. The lowest BCUT2D eigenvalue weighted by molar-refractivity contribution is -0.156. The molecule has 0 saturated heterocycles. The molecule has 0 aromatic rings. The van der Waals surface area contributed by atoms with E-state index in [1.165, 1.54) is 12.5 Å². The van der Waals surface area contributed by atoms with Crippen LogP contribution in [0.15, 0.2) is 11.6 Å². The van der Waals surface area contributed by atoms with Crippen molar-refractivity contribution in [3.05, 3.63) is 11.6 Å². The summed E-state index contributed by atoms with van der Waals surface area (Å²) in [5.74, 6) is 1.55. The molecule has 3 fully saturated rings. The fraction of sp³-hybridized carbons (Fsp3) is 0.762. The Hall–Kier alpha value is -1.45. The normalized spacial score (nSPS) is 46.0. The van der Waals surface area contributed by atoms with Crippen LogP contribution in [0.1, 0.15) is 65.7 Å². The molecule has 0 aromatic carbocycles. The predicted molar refractivity (Wildman–Crippen MR) is 92.7 cm³/mol. The van der Waals surface area contributed by atoms with Gasteiger partial charge in [-0.05, 0) is 61.3 Å². The van der Waals surface area contributed by atoms with Crippen molar-refractivity contribution in [1.29, 1.82) is 0 Å². The van der Waals surface area contributed by atoms with Gasteiger partial charge in [-0.1, -0.05) is 19.4 Å². The number of rotatable bonds is 1. The molecule has 6 atom stereocenters. The second-order valence-corrected chi connectivity index (χ2v) is 9.13. The van der Waals surface area contributed by atoms with Gasteiger partial charge in [0.25, 0.3) is 0 Å². The number of hydrogen-bond donors (Lipinski definition) is 0. The van der Waals surface area contributed by atoms with Crippen LogP contribution in [0.3, 0.4) is 0 Å². The maximum atomic E-state index is 12.5. The number of fused-ring (bicyclic) bond motifs is 5. The maximum Gasteiger partial charge on any atom is 0.303 e. The lowest BCUT2D eigenvalue weighted by Gasteiger charge is -2.57. The summed E-state index contributed by atoms with van der Waals surface area (Å²) in [5.41, 5.74) is 1.04. The van der Waals surface area contributed by atoms with Crippen LogP contribution in [0.25, 0.3) is 0 Å². The van der Waals surface area contributed by atoms with E-state index in [0.29, 0.717) is 30.0 Å². The monoisotopic (exact) mass is 344 g/mol. The molecule has 0 radical (unpaired) electrons. The zero-order valence-electron chi connectivity index (χ0n) is 15.5. The first-order chi connectivity index (χ1) is 11.8. The Bertz CT molecular complexity index is 677. The standard InChI is InChI=1S/C21H28O4/c1-12(22)25-18-11-21(3)13(10-17(18)23)4-5-14-15-6-7-19(24)20(15,2)9-8-16(14)21/h10,14-16,18H,4-9,11H2,1-3H3/t14-,15+,16-,18-,20-,21-/m1/s1. The third-order valence-corrected chi connectivity index (χ3v) is 8.00. The first kappa shape index (κ1) is 17.0. The molecule has 25 heavy (non-hydrogen) atoms. The van der Waals surface area contributed by atoms with E-state index < -0.39 is 6.10 Å². The van der Waals surface area contributed by atoms with Crippen LogP contribution in [-0.4, -0.2) is 23.6 Å². The molecule has 0 amide bonds. The molecule has 4 aliphatic carbocycles. The number of esters is 1. The van der Waals surface area contributed by atoms with E-state index in [9.17, 15) is 14.4 Å². The van der Waals surface area contributed by atoms with Gasteiger partial charge in [0.2, 0.25) is 0 Å². The number of hydrogen-bond acceptors (Lipinski definition) is 4. The zero-order chi connectivity index (χ0) is 18.0. The van der Waals surface area contributed by atoms with Gasteiger partial charge in [0.15, 0.2) is 11.9 Å². The first-order valence-corrected chi connectivity index (χ1v) is 9.71. The van der Waals surface area contributed by atoms with E-state index >= 15 is 0 Å². The van der Waals surface area contributed by atoms with Crippen LogP contribution >= 0.6 is 0 Å². The Morgan fingerprint density at radius 2 is 1.80 bits per heavy atom. The summed E-state index contributed by atoms with van der Waals surface area (Å²) in [4.78, 5) is 36.2. The van der Waals surface area contributed by atoms with Crippen LogP contribution in [0.4, 0.5) is 0 Å². The predicted octanol–water partition coefficient (Wildman–Crippen LogP) is 3.63. The van der Waals surface area contributed by atoms with Crippen molar-refractivity contribution < 1.29 is 19.1 Å². The number of carbonyl (C=O) groups excluding carboxylic acids is 3. The van der Waals surface area contributed by atoms with E-state index in [1.54, 1.807) is 6.08 Å². The minimum Gasteiger partial charge on any atom is -0.454 e. The molecule has 0 spiro atoms. The number of carbonyl (C=O) groups is 3. The highest BCUT2D eigenvalue weighted by Gasteiger charge is 2.59. The Balaban J connectivity index is 1.66. The van der Waals surface area contributed by atoms with Crippen LogP contribution in [0.5, 0.6) is 0 Å². The van der Waals surface area contributed by atoms with Gasteiger partial charge >= 0.3 is 5.97 Å². The highest BCUT2D eigenvalue weighted by atomic mass is 16.5. The topological polar surface area (TPSA) is 60.4 Å². The SMILES string of the molecule is CC(=O)O[C@@H]1C[C@]2(C)C(=CC1=O)CC[C@H]1[C@H]2CC[C@@]2(C)C(=O)CC[C@@H]12. The zero-order valence-corrected chi connectivity index (χ0v) is 15.5. The largest absolute Gasteiger partial charge is 0.454 e. The third-order valence-electron chi connectivity index (χ3n) is 8.00. The van der Waals surface area contributed by atoms with Crippen molar-refractivity contribution in [3.63, 3.8) is 0 Å². The van der Waals surface area contributed by atoms with E-state index in [0.717, 1.165) is 38.5 Å². The summed E-state index contributed by atoms with van der Waals surface area (Å²) in [6.07, 6.45) is 7.53. The average molecular weight is 344 g/mol. The fourth-order valence-corrected chi connectivity index (χ4v) is 6.67. The Morgan fingerprint density at radius 3 is 2.52 bits per heavy atom. The van der Waals surface area contributed by atoms with Gasteiger partial charge in [-0.25, -0.2) is 0 Å². The summed E-state index contributed by atoms with van der Waals surface area (Å²) < 4.78 is 5.33. The second-order valence-electron chi connectivity index (χ2n) is 9.13. The Labute approximate surface area is 149 Å². The average Bonchev–Trinajstić information content (AvgIpc) is 2.84. The molecule has 0 bridgehead atoms. The molecule has 0 aromatic heterocycles. The maximum absolute atomic E-state index is 12.5. The van der Waals surface area contributed by atoms with Gasteiger partial charge in [-0.2, -0.15) is 0 Å². The lowest BCUT2D eigenvalue weighted by atomic mass is 9.47. The minimum atomic E-state index is -0.636. The van der Waals surface area contributed by atoms with Crippen molar-refractivity contribution >= 4 is 17.5 Å². The number of ketones is 2. The van der Waals surface area contributed by atoms with Gasteiger partial charge in [0.1, 0.15) is 5.78 Å². The van der Waals surface area contributed by atoms with Crippen molar-refractivity contribution in [2.24, 2.45) is 28.6 Å². The molecule has 4 heteroatoms. The molecule has 0 aliphatic heterocycles. The van der Waals surface area contributed by atoms with Crippen LogP contribution < -0.4 is 0 Å². The van der Waals surface area contributed by atoms with E-state index in [4.69, 9.17) is 4.74 Å². The summed E-state index contributed by atoms with van der Waals surface area (Å²) in [6.45, 7) is 5.82. The summed E-state index contributed by atoms with van der Waals surface area (Å²) >= 11 is 0. The van der Waals surface area contributed by atoms with E-state index in [1.807, 2.05) is 0 Å². The quantitative estimate of drug-likeness (QED) is 0.682. The van der Waals surface area contributed by atoms with Crippen LogP contribution in [0, 0.1) is 28.6 Å². The number of allylic oxidation sites excluding steroid dienone is 1. The van der Waals surface area contributed by atoms with Gasteiger partial charge < -0.3 is 4.74 Å². The van der Waals surface area contributed by atoms with Crippen molar-refractivity contribution in [1.82, 2.24) is 0 Å². The molecule has 0 unspecified atom stereocenters. The second kappa shape index (κ2) is 5.52. The molecule has 0 N–H and O–H groups in total. The Morgan fingerprint density at radius 1 is 1.08 bits per heavy atom. The minimum absolute atomic E-state index is 0.0576. The Kier molecular flexibility index (Phi) is 3.75. The molecule has 0 heterocycles. The third kappa shape index (κ3) is 2.36. The summed E-state index contributed by atoms with van der Waals surface area (Å²) in [7, 11) is 0. The van der Waals surface area contributed by atoms with Gasteiger partial charge in [-0.15, -0.1) is 0 Å². The molecular weight excluding hydrogens is 316 g/mol. The van der Waals surface area contributed by atoms with Crippen molar-refractivity contribution in [2.45, 2.75) is 71.8 Å². The summed E-state index contributed by atoms with van der Waals surface area (Å²) in [5, 5.41) is 0. The molecule has 136 valence electrons. The van der Waals surface area contributed by atoms with Crippen LogP contribution in [0.2, 0.25) is 0 Å². The molecule has 4 aliphatic rings. The molecular formula is C21H28O4. The van der Waals surface area contributed by atoms with Gasteiger partial charge in [0, 0.05) is 25.2 Å². The highest BCUT2D eigenvalue weighted by Crippen LogP contribution is 2.64. The number of ether oxygens (including phenoxy) is 1. The molecule has 4 rings (SSSR count). The smallest absolute Gasteiger partial charge is 0.303 e. The lowest BCUT2D eigenvalue weighted by Crippen LogP contribution is -2.52. The van der Waals surface area contributed by atoms with Crippen LogP contribution in [-0.2, 0) is 19.1 Å². The van der Waals surface area contributed by atoms with Crippen molar-refractivity contribution in [3.8, 4) is 0 Å². The van der Waals surface area contributed by atoms with Gasteiger partial charge in [0.05, 0.1) is 0 Å². The number of Topliss-reactive ketones (excluding diaryl/α,β-unsaturated/α-hetero) is 1. The molecule has 3 saturated carbocycles. The van der Waals surface area contributed by atoms with E-state index in [2.05, 4.69) is 13.8 Å². The van der Waals surface area contributed by atoms with E-state index in [-0.39, 0.29) is 22.6 Å². The van der Waals surface area contributed by atoms with Gasteiger partial charge in [-0.3, -0.25) is 14.4 Å². The molecule has 4 nitrogen and oxygen atoms in total. The highest BCUT2D eigenvalue weighted by molar-refractivity contribution is 5.96. The van der Waals surface area contributed by atoms with Crippen molar-refractivity contribution in [2.75, 3.05) is 0 Å². The first-order valence-electron chi connectivity index (χ1n) is 9.71.